The minimum absolute atomic E-state index is 0.0498. The third-order valence-electron chi connectivity index (χ3n) is 2.39. The lowest BCUT2D eigenvalue weighted by Crippen LogP contribution is -2.30. The molecule has 6 nitrogen and oxygen atoms in total. The molecule has 1 atom stereocenters. The summed E-state index contributed by atoms with van der Waals surface area (Å²) in [6, 6.07) is 1.69. The molecule has 0 aromatic carbocycles. The third-order valence-corrected chi connectivity index (χ3v) is 3.32. The van der Waals surface area contributed by atoms with E-state index in [0.717, 1.165) is 16.9 Å². The maximum atomic E-state index is 10.9. The van der Waals surface area contributed by atoms with Gasteiger partial charge in [0.2, 0.25) is 5.91 Å². The van der Waals surface area contributed by atoms with E-state index in [4.69, 9.17) is 0 Å². The zero-order valence-electron chi connectivity index (χ0n) is 8.43. The molecule has 1 aromatic heterocycles. The van der Waals surface area contributed by atoms with Gasteiger partial charge in [0.25, 0.3) is 0 Å². The van der Waals surface area contributed by atoms with Gasteiger partial charge in [-0.2, -0.15) is 0 Å². The zero-order valence-corrected chi connectivity index (χ0v) is 9.25. The molecular formula is C9H11N3O3S. The van der Waals surface area contributed by atoms with Crippen molar-refractivity contribution in [2.75, 3.05) is 6.54 Å². The van der Waals surface area contributed by atoms with Crippen molar-refractivity contribution in [1.29, 1.82) is 0 Å². The van der Waals surface area contributed by atoms with Crippen LogP contribution in [0.1, 0.15) is 12.0 Å². The standard InChI is InChI=1S/C9H11N3O3S/c13-8-2-7(4-11-8)10-3-6-1-9(12(14)15)16-5-6/h1,5,7,10H,2-4H2,(H,11,13). The zero-order chi connectivity index (χ0) is 11.5. The number of carbonyl (C=O) groups excluding carboxylic acids is 1. The number of nitro groups is 1. The Kier molecular flexibility index (Phi) is 3.16. The van der Waals surface area contributed by atoms with Gasteiger partial charge in [-0.3, -0.25) is 14.9 Å². The smallest absolute Gasteiger partial charge is 0.324 e. The Hall–Kier alpha value is -1.47. The Balaban J connectivity index is 1.85. The number of hydrogen-bond donors (Lipinski definition) is 2. The second-order valence-corrected chi connectivity index (χ2v) is 4.53. The Morgan fingerprint density at radius 1 is 1.69 bits per heavy atom. The topological polar surface area (TPSA) is 84.3 Å². The Morgan fingerprint density at radius 2 is 2.50 bits per heavy atom. The fraction of sp³-hybridized carbons (Fsp3) is 0.444. The summed E-state index contributed by atoms with van der Waals surface area (Å²) in [6.45, 7) is 1.19. The van der Waals surface area contributed by atoms with Crippen LogP contribution in [0.15, 0.2) is 11.4 Å². The molecule has 0 spiro atoms. The van der Waals surface area contributed by atoms with Gasteiger partial charge in [0, 0.05) is 37.0 Å². The fourth-order valence-corrected chi connectivity index (χ4v) is 2.29. The maximum absolute atomic E-state index is 10.9. The molecule has 7 heteroatoms. The summed E-state index contributed by atoms with van der Waals surface area (Å²) in [6.07, 6.45) is 0.478. The molecule has 1 fully saturated rings. The Morgan fingerprint density at radius 3 is 3.06 bits per heavy atom. The van der Waals surface area contributed by atoms with Crippen molar-refractivity contribution < 1.29 is 9.72 Å². The molecule has 86 valence electrons. The molecule has 16 heavy (non-hydrogen) atoms. The van der Waals surface area contributed by atoms with Crippen LogP contribution in [-0.4, -0.2) is 23.4 Å². The van der Waals surface area contributed by atoms with Gasteiger partial charge < -0.3 is 10.6 Å². The van der Waals surface area contributed by atoms with Crippen LogP contribution in [0.4, 0.5) is 5.00 Å². The van der Waals surface area contributed by atoms with Crippen molar-refractivity contribution >= 4 is 22.2 Å². The van der Waals surface area contributed by atoms with Crippen LogP contribution < -0.4 is 10.6 Å². The molecule has 1 unspecified atom stereocenters. The van der Waals surface area contributed by atoms with Crippen molar-refractivity contribution in [3.8, 4) is 0 Å². The van der Waals surface area contributed by atoms with E-state index in [1.807, 2.05) is 0 Å². The minimum Gasteiger partial charge on any atom is -0.354 e. The number of thiophene rings is 1. The first kappa shape index (κ1) is 11.0. The van der Waals surface area contributed by atoms with Crippen molar-refractivity contribution in [1.82, 2.24) is 10.6 Å². The van der Waals surface area contributed by atoms with Gasteiger partial charge in [-0.25, -0.2) is 0 Å². The predicted molar refractivity (Wildman–Crippen MR) is 59.2 cm³/mol. The van der Waals surface area contributed by atoms with Crippen LogP contribution in [-0.2, 0) is 11.3 Å². The lowest BCUT2D eigenvalue weighted by molar-refractivity contribution is -0.380. The van der Waals surface area contributed by atoms with E-state index in [0.29, 0.717) is 19.5 Å². The van der Waals surface area contributed by atoms with E-state index < -0.39 is 4.92 Å². The SMILES string of the molecule is O=C1CC(NCc2csc([N+](=O)[O-])c2)CN1. The van der Waals surface area contributed by atoms with Crippen LogP contribution >= 0.6 is 11.3 Å². The first-order chi connectivity index (χ1) is 7.65. The molecule has 1 saturated heterocycles. The van der Waals surface area contributed by atoms with Crippen molar-refractivity contribution in [2.45, 2.75) is 19.0 Å². The van der Waals surface area contributed by atoms with Gasteiger partial charge in [0.1, 0.15) is 0 Å². The molecule has 0 saturated carbocycles. The second kappa shape index (κ2) is 4.58. The molecule has 0 radical (unpaired) electrons. The molecule has 1 aliphatic heterocycles. The molecule has 2 N–H and O–H groups in total. The van der Waals surface area contributed by atoms with Crippen LogP contribution in [0.3, 0.4) is 0 Å². The lowest BCUT2D eigenvalue weighted by atomic mass is 10.2. The summed E-state index contributed by atoms with van der Waals surface area (Å²) in [7, 11) is 0. The summed E-state index contributed by atoms with van der Waals surface area (Å²) >= 11 is 1.12. The van der Waals surface area contributed by atoms with E-state index in [1.54, 1.807) is 11.4 Å². The molecule has 2 heterocycles. The summed E-state index contributed by atoms with van der Waals surface area (Å²) in [5, 5.41) is 18.3. The van der Waals surface area contributed by atoms with Crippen LogP contribution in [0.2, 0.25) is 0 Å². The van der Waals surface area contributed by atoms with Gasteiger partial charge in [-0.15, -0.1) is 0 Å². The molecule has 0 bridgehead atoms. The third kappa shape index (κ3) is 2.56. The number of amides is 1. The van der Waals surface area contributed by atoms with E-state index in [9.17, 15) is 14.9 Å². The largest absolute Gasteiger partial charge is 0.354 e. The van der Waals surface area contributed by atoms with Gasteiger partial charge in [-0.1, -0.05) is 11.3 Å². The monoisotopic (exact) mass is 241 g/mol. The minimum atomic E-state index is -0.394. The average molecular weight is 241 g/mol. The first-order valence-electron chi connectivity index (χ1n) is 4.87. The number of nitrogens with zero attached hydrogens (tertiary/aromatic N) is 1. The Bertz CT molecular complexity index is 418. The molecule has 1 aliphatic rings. The molecule has 1 aromatic rings. The van der Waals surface area contributed by atoms with Gasteiger partial charge in [-0.05, 0) is 5.56 Å². The van der Waals surface area contributed by atoms with Crippen LogP contribution in [0.5, 0.6) is 0 Å². The van der Waals surface area contributed by atoms with E-state index in [1.165, 1.54) is 0 Å². The highest BCUT2D eigenvalue weighted by atomic mass is 32.1. The summed E-state index contributed by atoms with van der Waals surface area (Å²) in [5.74, 6) is 0.0498. The quantitative estimate of drug-likeness (QED) is 0.598. The normalized spacial score (nSPS) is 19.8. The highest BCUT2D eigenvalue weighted by Crippen LogP contribution is 2.22. The average Bonchev–Trinajstić information content (AvgIpc) is 2.83. The van der Waals surface area contributed by atoms with Crippen molar-refractivity contribution in [2.24, 2.45) is 0 Å². The maximum Gasteiger partial charge on any atom is 0.324 e. The van der Waals surface area contributed by atoms with Crippen molar-refractivity contribution in [3.05, 3.63) is 27.1 Å². The molecule has 2 rings (SSSR count). The van der Waals surface area contributed by atoms with Gasteiger partial charge in [0.05, 0.1) is 4.92 Å². The highest BCUT2D eigenvalue weighted by molar-refractivity contribution is 7.13. The van der Waals surface area contributed by atoms with Gasteiger partial charge >= 0.3 is 5.00 Å². The van der Waals surface area contributed by atoms with Crippen LogP contribution in [0.25, 0.3) is 0 Å². The number of hydrogen-bond acceptors (Lipinski definition) is 5. The number of carbonyl (C=O) groups is 1. The summed E-state index contributed by atoms with van der Waals surface area (Å²) in [5.41, 5.74) is 0.885. The Labute approximate surface area is 95.8 Å². The van der Waals surface area contributed by atoms with Crippen LogP contribution in [0, 0.1) is 10.1 Å². The van der Waals surface area contributed by atoms with E-state index >= 15 is 0 Å². The van der Waals surface area contributed by atoms with E-state index in [2.05, 4.69) is 10.6 Å². The summed E-state index contributed by atoms with van der Waals surface area (Å²) in [4.78, 5) is 21.0. The summed E-state index contributed by atoms with van der Waals surface area (Å²) < 4.78 is 0. The predicted octanol–water partition coefficient (Wildman–Crippen LogP) is 0.634. The molecular weight excluding hydrogens is 230 g/mol. The highest BCUT2D eigenvalue weighted by Gasteiger charge is 2.20. The van der Waals surface area contributed by atoms with Crippen molar-refractivity contribution in [3.63, 3.8) is 0 Å². The molecule has 1 amide bonds. The second-order valence-electron chi connectivity index (χ2n) is 3.64. The first-order valence-corrected chi connectivity index (χ1v) is 5.75. The lowest BCUT2D eigenvalue weighted by Gasteiger charge is -2.08. The fourth-order valence-electron chi connectivity index (χ4n) is 1.56. The number of rotatable bonds is 4. The molecule has 0 aliphatic carbocycles. The van der Waals surface area contributed by atoms with E-state index in [-0.39, 0.29) is 17.0 Å². The van der Waals surface area contributed by atoms with Gasteiger partial charge in [0.15, 0.2) is 0 Å². The number of nitrogens with one attached hydrogen (secondary N) is 2.